The van der Waals surface area contributed by atoms with Crippen molar-refractivity contribution in [1.82, 2.24) is 15.5 Å². The summed E-state index contributed by atoms with van der Waals surface area (Å²) in [5.74, 6) is 0.957. The van der Waals surface area contributed by atoms with E-state index in [9.17, 15) is 4.79 Å². The van der Waals surface area contributed by atoms with Gasteiger partial charge in [-0.3, -0.25) is 0 Å². The summed E-state index contributed by atoms with van der Waals surface area (Å²) in [4.78, 5) is 14.8. The topological polar surface area (TPSA) is 97.5 Å². The summed E-state index contributed by atoms with van der Waals surface area (Å²) in [6, 6.07) is 6.32. The number of rotatable bonds is 8. The number of carboxylic acid groups (broad SMARTS) is 1. The third-order valence-electron chi connectivity index (χ3n) is 2.74. The van der Waals surface area contributed by atoms with Gasteiger partial charge in [0.1, 0.15) is 12.4 Å². The van der Waals surface area contributed by atoms with Crippen LogP contribution in [0.3, 0.4) is 0 Å². The van der Waals surface area contributed by atoms with Crippen molar-refractivity contribution in [3.05, 3.63) is 41.5 Å². The molecule has 0 aliphatic carbocycles. The SMILES string of the molecule is Cc1nc(CCNCCOc2ccc(C(=O)O)cc2)no1. The molecule has 0 unspecified atom stereocenters. The zero-order valence-corrected chi connectivity index (χ0v) is 11.7. The Kier molecular flexibility index (Phi) is 5.28. The number of ether oxygens (including phenoxy) is 1. The first kappa shape index (κ1) is 15.0. The van der Waals surface area contributed by atoms with Crippen molar-refractivity contribution >= 4 is 5.97 Å². The summed E-state index contributed by atoms with van der Waals surface area (Å²) in [5, 5.41) is 15.8. The molecule has 0 fully saturated rings. The maximum absolute atomic E-state index is 10.7. The fourth-order valence-electron chi connectivity index (χ4n) is 1.70. The van der Waals surface area contributed by atoms with Gasteiger partial charge in [-0.25, -0.2) is 4.79 Å². The summed E-state index contributed by atoms with van der Waals surface area (Å²) in [6.45, 7) is 3.67. The molecule has 0 atom stereocenters. The summed E-state index contributed by atoms with van der Waals surface area (Å²) in [6.07, 6.45) is 0.699. The Bertz CT molecular complexity index is 580. The van der Waals surface area contributed by atoms with E-state index in [-0.39, 0.29) is 5.56 Å². The van der Waals surface area contributed by atoms with Gasteiger partial charge in [0.15, 0.2) is 5.82 Å². The Morgan fingerprint density at radius 3 is 2.71 bits per heavy atom. The van der Waals surface area contributed by atoms with E-state index in [2.05, 4.69) is 15.5 Å². The van der Waals surface area contributed by atoms with Crippen molar-refractivity contribution in [2.45, 2.75) is 13.3 Å². The second-order valence-electron chi connectivity index (χ2n) is 4.41. The van der Waals surface area contributed by atoms with Crippen LogP contribution in [0.25, 0.3) is 0 Å². The van der Waals surface area contributed by atoms with Gasteiger partial charge < -0.3 is 19.7 Å². The Labute approximate surface area is 121 Å². The van der Waals surface area contributed by atoms with Crippen LogP contribution < -0.4 is 10.1 Å². The molecule has 7 nitrogen and oxygen atoms in total. The van der Waals surface area contributed by atoms with Gasteiger partial charge in [-0.15, -0.1) is 0 Å². The number of carbonyl (C=O) groups is 1. The average Bonchev–Trinajstić information content (AvgIpc) is 2.89. The van der Waals surface area contributed by atoms with Crippen LogP contribution in [0.15, 0.2) is 28.8 Å². The molecule has 2 N–H and O–H groups in total. The van der Waals surface area contributed by atoms with Gasteiger partial charge in [-0.05, 0) is 24.3 Å². The maximum Gasteiger partial charge on any atom is 0.335 e. The molecular formula is C14H17N3O4. The third kappa shape index (κ3) is 4.88. The summed E-state index contributed by atoms with van der Waals surface area (Å²) >= 11 is 0. The number of aryl methyl sites for hydroxylation is 1. The van der Waals surface area contributed by atoms with Gasteiger partial charge in [0.05, 0.1) is 5.56 Å². The fraction of sp³-hybridized carbons (Fsp3) is 0.357. The van der Waals surface area contributed by atoms with Gasteiger partial charge in [0.25, 0.3) is 0 Å². The van der Waals surface area contributed by atoms with Crippen molar-refractivity contribution in [2.75, 3.05) is 19.7 Å². The molecule has 0 amide bonds. The van der Waals surface area contributed by atoms with E-state index in [1.807, 2.05) is 0 Å². The number of carboxylic acids is 1. The van der Waals surface area contributed by atoms with E-state index >= 15 is 0 Å². The normalized spacial score (nSPS) is 10.5. The number of hydrogen-bond acceptors (Lipinski definition) is 6. The number of aromatic nitrogens is 2. The minimum absolute atomic E-state index is 0.246. The highest BCUT2D eigenvalue weighted by molar-refractivity contribution is 5.87. The lowest BCUT2D eigenvalue weighted by Crippen LogP contribution is -2.23. The van der Waals surface area contributed by atoms with Gasteiger partial charge in [0, 0.05) is 26.4 Å². The van der Waals surface area contributed by atoms with Crippen LogP contribution >= 0.6 is 0 Å². The third-order valence-corrected chi connectivity index (χ3v) is 2.74. The van der Waals surface area contributed by atoms with E-state index < -0.39 is 5.97 Å². The van der Waals surface area contributed by atoms with E-state index in [4.69, 9.17) is 14.4 Å². The van der Waals surface area contributed by atoms with Gasteiger partial charge in [0.2, 0.25) is 5.89 Å². The van der Waals surface area contributed by atoms with Crippen LogP contribution in [0.5, 0.6) is 5.75 Å². The summed E-state index contributed by atoms with van der Waals surface area (Å²) < 4.78 is 10.4. The molecule has 21 heavy (non-hydrogen) atoms. The largest absolute Gasteiger partial charge is 0.492 e. The van der Waals surface area contributed by atoms with E-state index in [1.54, 1.807) is 19.1 Å². The predicted octanol–water partition coefficient (Wildman–Crippen LogP) is 1.29. The van der Waals surface area contributed by atoms with Crippen LogP contribution in [0, 0.1) is 6.92 Å². The number of nitrogens with zero attached hydrogens (tertiary/aromatic N) is 2. The Balaban J connectivity index is 1.60. The first-order valence-electron chi connectivity index (χ1n) is 6.61. The highest BCUT2D eigenvalue weighted by Crippen LogP contribution is 2.11. The van der Waals surface area contributed by atoms with Gasteiger partial charge in [-0.1, -0.05) is 5.16 Å². The molecule has 0 saturated heterocycles. The molecule has 0 spiro atoms. The van der Waals surface area contributed by atoms with Crippen molar-refractivity contribution in [3.63, 3.8) is 0 Å². The highest BCUT2D eigenvalue weighted by Gasteiger charge is 2.02. The molecule has 0 radical (unpaired) electrons. The molecule has 2 rings (SSSR count). The minimum Gasteiger partial charge on any atom is -0.492 e. The van der Waals surface area contributed by atoms with Crippen LogP contribution in [0.4, 0.5) is 0 Å². The molecule has 0 aliphatic rings. The van der Waals surface area contributed by atoms with Crippen LogP contribution in [-0.2, 0) is 6.42 Å². The first-order chi connectivity index (χ1) is 10.1. The lowest BCUT2D eigenvalue weighted by atomic mass is 10.2. The lowest BCUT2D eigenvalue weighted by molar-refractivity contribution is 0.0697. The maximum atomic E-state index is 10.7. The molecule has 2 aromatic rings. The summed E-state index contributed by atoms with van der Waals surface area (Å²) in [7, 11) is 0. The zero-order chi connectivity index (χ0) is 15.1. The second-order valence-corrected chi connectivity index (χ2v) is 4.41. The van der Waals surface area contributed by atoms with Crippen molar-refractivity contribution in [2.24, 2.45) is 0 Å². The molecule has 7 heteroatoms. The van der Waals surface area contributed by atoms with Crippen LogP contribution in [0.2, 0.25) is 0 Å². The fourth-order valence-corrected chi connectivity index (χ4v) is 1.70. The molecule has 1 aromatic heterocycles. The molecular weight excluding hydrogens is 274 g/mol. The molecule has 1 aromatic carbocycles. The Morgan fingerprint density at radius 1 is 1.33 bits per heavy atom. The average molecular weight is 291 g/mol. The summed E-state index contributed by atoms with van der Waals surface area (Å²) in [5.41, 5.74) is 0.246. The smallest absolute Gasteiger partial charge is 0.335 e. The predicted molar refractivity (Wildman–Crippen MR) is 74.5 cm³/mol. The molecule has 112 valence electrons. The quantitative estimate of drug-likeness (QED) is 0.707. The number of nitrogens with one attached hydrogen (secondary N) is 1. The lowest BCUT2D eigenvalue weighted by Gasteiger charge is -2.07. The van der Waals surface area contributed by atoms with E-state index in [0.29, 0.717) is 37.0 Å². The van der Waals surface area contributed by atoms with Crippen molar-refractivity contribution in [1.29, 1.82) is 0 Å². The van der Waals surface area contributed by atoms with Crippen molar-refractivity contribution < 1.29 is 19.2 Å². The van der Waals surface area contributed by atoms with Crippen molar-refractivity contribution in [3.8, 4) is 5.75 Å². The monoisotopic (exact) mass is 291 g/mol. The second kappa shape index (κ2) is 7.39. The zero-order valence-electron chi connectivity index (χ0n) is 11.7. The highest BCUT2D eigenvalue weighted by atomic mass is 16.5. The number of aromatic carboxylic acids is 1. The Hall–Kier alpha value is -2.41. The molecule has 1 heterocycles. The number of benzene rings is 1. The standard InChI is InChI=1S/C14H17N3O4/c1-10-16-13(17-21-10)6-7-15-8-9-20-12-4-2-11(3-5-12)14(18)19/h2-5,15H,6-9H2,1H3,(H,18,19). The van der Waals surface area contributed by atoms with E-state index in [0.717, 1.165) is 6.54 Å². The van der Waals surface area contributed by atoms with Crippen LogP contribution in [-0.4, -0.2) is 40.9 Å². The first-order valence-corrected chi connectivity index (χ1v) is 6.61. The minimum atomic E-state index is -0.945. The van der Waals surface area contributed by atoms with Gasteiger partial charge in [-0.2, -0.15) is 4.98 Å². The number of hydrogen-bond donors (Lipinski definition) is 2. The molecule has 0 saturated carbocycles. The van der Waals surface area contributed by atoms with Gasteiger partial charge >= 0.3 is 5.97 Å². The molecule has 0 bridgehead atoms. The molecule has 0 aliphatic heterocycles. The Morgan fingerprint density at radius 2 is 2.10 bits per heavy atom. The van der Waals surface area contributed by atoms with E-state index in [1.165, 1.54) is 12.1 Å². The van der Waals surface area contributed by atoms with Crippen LogP contribution in [0.1, 0.15) is 22.1 Å².